The van der Waals surface area contributed by atoms with Crippen LogP contribution in [0.4, 0.5) is 10.5 Å². The number of ketones is 1. The number of likely N-dealkylation sites (N-methyl/N-ethyl adjacent to an activating group) is 1. The number of carbonyl (C=O) groups excluding carboxylic acids is 3. The molecule has 1 aromatic carbocycles. The lowest BCUT2D eigenvalue weighted by Gasteiger charge is -2.31. The maximum Gasteiger partial charge on any atom is 0.315 e. The Morgan fingerprint density at radius 3 is 2.48 bits per heavy atom. The van der Waals surface area contributed by atoms with Gasteiger partial charge in [-0.2, -0.15) is 0 Å². The number of nitrogens with zero attached hydrogens (tertiary/aromatic N) is 2. The quantitative estimate of drug-likeness (QED) is 0.400. The van der Waals surface area contributed by atoms with Crippen molar-refractivity contribution in [2.45, 2.75) is 83.7 Å². The molecule has 0 spiro atoms. The minimum atomic E-state index is -0.463. The molecule has 5 rings (SSSR count). The summed E-state index contributed by atoms with van der Waals surface area (Å²) >= 11 is 0. The van der Waals surface area contributed by atoms with Crippen molar-refractivity contribution in [2.24, 2.45) is 11.1 Å². The summed E-state index contributed by atoms with van der Waals surface area (Å²) in [4.78, 5) is 39.9. The number of carbonyl (C=O) groups is 3. The van der Waals surface area contributed by atoms with E-state index in [0.717, 1.165) is 80.5 Å². The van der Waals surface area contributed by atoms with Crippen LogP contribution >= 0.6 is 0 Å². The highest BCUT2D eigenvalue weighted by Crippen LogP contribution is 2.43. The molecule has 1 saturated carbocycles. The molecule has 3 aliphatic carbocycles. The maximum atomic E-state index is 13.2. The van der Waals surface area contributed by atoms with Crippen molar-refractivity contribution in [3.63, 3.8) is 0 Å². The minimum absolute atomic E-state index is 0.0852. The van der Waals surface area contributed by atoms with Crippen LogP contribution in [0.5, 0.6) is 0 Å². The van der Waals surface area contributed by atoms with E-state index in [1.54, 1.807) is 0 Å². The van der Waals surface area contributed by atoms with E-state index in [1.807, 2.05) is 37.2 Å². The lowest BCUT2D eigenvalue weighted by molar-refractivity contribution is 0.0909. The molecule has 9 nitrogen and oxygen atoms in total. The fourth-order valence-electron chi connectivity index (χ4n) is 6.78. The number of benzene rings is 1. The van der Waals surface area contributed by atoms with Gasteiger partial charge in [0.1, 0.15) is 0 Å². The average molecular weight is 549 g/mol. The summed E-state index contributed by atoms with van der Waals surface area (Å²) in [6.45, 7) is 5.74. The Hall–Kier alpha value is -3.33. The van der Waals surface area contributed by atoms with Crippen molar-refractivity contribution in [3.05, 3.63) is 46.3 Å². The molecule has 1 heterocycles. The molecule has 0 saturated heterocycles. The number of urea groups is 1. The van der Waals surface area contributed by atoms with E-state index in [4.69, 9.17) is 5.73 Å². The van der Waals surface area contributed by atoms with Crippen molar-refractivity contribution >= 4 is 23.4 Å². The number of hydrogen-bond donors (Lipinski definition) is 4. The Labute approximate surface area is 237 Å². The summed E-state index contributed by atoms with van der Waals surface area (Å²) in [5, 5.41) is 9.62. The number of anilines is 1. The molecule has 2 aromatic rings. The highest BCUT2D eigenvalue weighted by Gasteiger charge is 2.39. The highest BCUT2D eigenvalue weighted by molar-refractivity contribution is 6.01. The van der Waals surface area contributed by atoms with Crippen LogP contribution in [0.25, 0.3) is 5.69 Å². The van der Waals surface area contributed by atoms with E-state index in [2.05, 4.69) is 34.4 Å². The number of amides is 3. The first-order valence-corrected chi connectivity index (χ1v) is 14.7. The zero-order valence-electron chi connectivity index (χ0n) is 24.4. The highest BCUT2D eigenvalue weighted by atomic mass is 16.2. The first-order chi connectivity index (χ1) is 19.0. The van der Waals surface area contributed by atoms with Crippen LogP contribution in [0.2, 0.25) is 0 Å². The number of nitrogens with one attached hydrogen (secondary N) is 3. The average Bonchev–Trinajstić information content (AvgIpc) is 3.44. The summed E-state index contributed by atoms with van der Waals surface area (Å²) in [5.41, 5.74) is 12.4. The van der Waals surface area contributed by atoms with Crippen LogP contribution in [-0.2, 0) is 19.3 Å². The van der Waals surface area contributed by atoms with Crippen LogP contribution < -0.4 is 21.7 Å². The van der Waals surface area contributed by atoms with Gasteiger partial charge in [0, 0.05) is 59.9 Å². The summed E-state index contributed by atoms with van der Waals surface area (Å²) in [7, 11) is 3.96. The number of rotatable bonds is 8. The summed E-state index contributed by atoms with van der Waals surface area (Å²) < 4.78 is 2.29. The largest absolute Gasteiger partial charge is 0.382 e. The molecule has 1 fully saturated rings. The Bertz CT molecular complexity index is 1300. The van der Waals surface area contributed by atoms with Crippen LogP contribution in [0.15, 0.2) is 18.2 Å². The molecular formula is C31H44N6O3. The van der Waals surface area contributed by atoms with E-state index in [0.29, 0.717) is 18.5 Å². The third kappa shape index (κ3) is 5.89. The second-order valence-electron chi connectivity index (χ2n) is 12.9. The topological polar surface area (TPSA) is 121 Å². The van der Waals surface area contributed by atoms with E-state index < -0.39 is 5.91 Å². The molecule has 0 aliphatic heterocycles. The van der Waals surface area contributed by atoms with Gasteiger partial charge >= 0.3 is 6.03 Å². The molecule has 3 amide bonds. The molecule has 0 unspecified atom stereocenters. The van der Waals surface area contributed by atoms with Crippen molar-refractivity contribution in [1.82, 2.24) is 20.1 Å². The summed E-state index contributed by atoms with van der Waals surface area (Å²) in [6.07, 6.45) is 7.87. The number of primary amides is 1. The molecule has 0 atom stereocenters. The molecule has 0 bridgehead atoms. The van der Waals surface area contributed by atoms with Crippen molar-refractivity contribution < 1.29 is 14.4 Å². The second-order valence-corrected chi connectivity index (χ2v) is 12.9. The predicted octanol–water partition coefficient (Wildman–Crippen LogP) is 3.80. The molecule has 0 radical (unpaired) electrons. The van der Waals surface area contributed by atoms with Crippen LogP contribution in [0, 0.1) is 5.41 Å². The zero-order valence-corrected chi connectivity index (χ0v) is 24.4. The third-order valence-corrected chi connectivity index (χ3v) is 8.68. The fourth-order valence-corrected chi connectivity index (χ4v) is 6.78. The Balaban J connectivity index is 1.33. The Morgan fingerprint density at radius 1 is 1.05 bits per heavy atom. The molecule has 9 heteroatoms. The number of nitrogens with two attached hydrogens (primary N) is 1. The van der Waals surface area contributed by atoms with Gasteiger partial charge in [0.05, 0.1) is 5.56 Å². The summed E-state index contributed by atoms with van der Waals surface area (Å²) in [5.74, 6) is -0.207. The summed E-state index contributed by atoms with van der Waals surface area (Å²) in [6, 6.07) is 6.00. The first-order valence-electron chi connectivity index (χ1n) is 14.7. The van der Waals surface area contributed by atoms with E-state index in [1.165, 1.54) is 11.3 Å². The van der Waals surface area contributed by atoms with Gasteiger partial charge in [-0.1, -0.05) is 13.8 Å². The van der Waals surface area contributed by atoms with Crippen molar-refractivity contribution in [1.29, 1.82) is 0 Å². The SMILES string of the molecule is CN(C)CCNC(=O)N[C@H]1CC[C@H](Nc2cc(-n3c4c(c5c3CC(C)(C)CC5=O)CCC4)ccc2C(N)=O)CC1. The molecule has 5 N–H and O–H groups in total. The predicted molar refractivity (Wildman–Crippen MR) is 157 cm³/mol. The minimum Gasteiger partial charge on any atom is -0.382 e. The smallest absolute Gasteiger partial charge is 0.315 e. The lowest BCUT2D eigenvalue weighted by atomic mass is 9.75. The van der Waals surface area contributed by atoms with Gasteiger partial charge < -0.3 is 31.2 Å². The third-order valence-electron chi connectivity index (χ3n) is 8.68. The van der Waals surface area contributed by atoms with Gasteiger partial charge in [-0.25, -0.2) is 4.79 Å². The van der Waals surface area contributed by atoms with Gasteiger partial charge in [0.15, 0.2) is 5.78 Å². The number of aromatic nitrogens is 1. The Morgan fingerprint density at radius 2 is 1.77 bits per heavy atom. The zero-order chi connectivity index (χ0) is 28.6. The molecule has 3 aliphatic rings. The van der Waals surface area contributed by atoms with Gasteiger partial charge in [0.25, 0.3) is 5.91 Å². The molecule has 40 heavy (non-hydrogen) atoms. The number of hydrogen-bond acceptors (Lipinski definition) is 5. The van der Waals surface area contributed by atoms with Crippen LogP contribution in [0.1, 0.15) is 90.0 Å². The van der Waals surface area contributed by atoms with Gasteiger partial charge in [-0.05, 0) is 94.6 Å². The Kier molecular flexibility index (Phi) is 7.95. The maximum absolute atomic E-state index is 13.2. The van der Waals surface area contributed by atoms with Crippen molar-refractivity contribution in [3.8, 4) is 5.69 Å². The normalized spacial score (nSPS) is 21.6. The van der Waals surface area contributed by atoms with Crippen LogP contribution in [-0.4, -0.2) is 66.5 Å². The van der Waals surface area contributed by atoms with Gasteiger partial charge in [-0.3, -0.25) is 9.59 Å². The van der Waals surface area contributed by atoms with E-state index in [9.17, 15) is 14.4 Å². The van der Waals surface area contributed by atoms with Gasteiger partial charge in [-0.15, -0.1) is 0 Å². The van der Waals surface area contributed by atoms with E-state index in [-0.39, 0.29) is 29.3 Å². The molecule has 216 valence electrons. The molecular weight excluding hydrogens is 504 g/mol. The first kappa shape index (κ1) is 28.2. The standard InChI is InChI=1S/C31H44N6O3/c1-31(2)17-26-28(27(38)18-31)23-6-5-7-25(23)37(26)21-12-13-22(29(32)39)24(16-21)34-19-8-10-20(11-9-19)35-30(40)33-14-15-36(3)4/h12-13,16,19-20,34H,5-11,14-15,17-18H2,1-4H3,(H2,32,39)(H2,33,35,40)/t19-,20-. The monoisotopic (exact) mass is 548 g/mol. The lowest BCUT2D eigenvalue weighted by Crippen LogP contribution is -2.46. The molecule has 1 aromatic heterocycles. The van der Waals surface area contributed by atoms with Crippen molar-refractivity contribution in [2.75, 3.05) is 32.5 Å². The van der Waals surface area contributed by atoms with Crippen LogP contribution in [0.3, 0.4) is 0 Å². The number of fused-ring (bicyclic) bond motifs is 3. The van der Waals surface area contributed by atoms with Gasteiger partial charge in [0.2, 0.25) is 0 Å². The van der Waals surface area contributed by atoms with E-state index >= 15 is 0 Å². The fraction of sp³-hybridized carbons (Fsp3) is 0.581. The number of Topliss-reactive ketones (excluding diaryl/α,β-unsaturated/α-hetero) is 1. The second kappa shape index (κ2) is 11.3.